The lowest BCUT2D eigenvalue weighted by Gasteiger charge is -2.08. The van der Waals surface area contributed by atoms with Crippen LogP contribution in [0.4, 0.5) is 0 Å². The lowest BCUT2D eigenvalue weighted by molar-refractivity contribution is 0.371. The van der Waals surface area contributed by atoms with Crippen LogP contribution in [0.1, 0.15) is 5.56 Å². The van der Waals surface area contributed by atoms with Gasteiger partial charge in [0.2, 0.25) is 0 Å². The highest BCUT2D eigenvalue weighted by Gasteiger charge is 2.11. The van der Waals surface area contributed by atoms with Gasteiger partial charge in [-0.3, -0.25) is 0 Å². The zero-order valence-electron chi connectivity index (χ0n) is 6.69. The Bertz CT molecular complexity index is 310. The number of ether oxygens (including phenoxy) is 1. The van der Waals surface area contributed by atoms with Gasteiger partial charge < -0.3 is 9.84 Å². The molecule has 0 spiro atoms. The highest BCUT2D eigenvalue weighted by Crippen LogP contribution is 2.39. The fourth-order valence-corrected chi connectivity index (χ4v) is 1.68. The molecule has 0 amide bonds. The number of halogens is 2. The van der Waals surface area contributed by atoms with Gasteiger partial charge >= 0.3 is 0 Å². The molecular formula is C8H8Br2O2. The molecule has 0 unspecified atom stereocenters. The molecule has 0 aliphatic carbocycles. The first-order valence-electron chi connectivity index (χ1n) is 3.29. The smallest absolute Gasteiger partial charge is 0.161 e. The molecule has 1 N–H and O–H groups in total. The summed E-state index contributed by atoms with van der Waals surface area (Å²) in [4.78, 5) is 0. The Labute approximate surface area is 87.8 Å². The van der Waals surface area contributed by atoms with E-state index >= 15 is 0 Å². The second-order valence-corrected chi connectivity index (χ2v) is 4.00. The van der Waals surface area contributed by atoms with Gasteiger partial charge in [-0.25, -0.2) is 0 Å². The van der Waals surface area contributed by atoms with Crippen LogP contribution in [0.3, 0.4) is 0 Å². The number of aromatic hydroxyl groups is 1. The molecule has 0 fully saturated rings. The molecule has 0 bridgehead atoms. The van der Waals surface area contributed by atoms with Crippen molar-refractivity contribution in [2.24, 2.45) is 0 Å². The normalized spacial score (nSPS) is 10.0. The molecule has 0 saturated carbocycles. The van der Waals surface area contributed by atoms with Gasteiger partial charge in [-0.15, -0.1) is 0 Å². The molecule has 0 aliphatic heterocycles. The molecule has 2 nitrogen and oxygen atoms in total. The number of methoxy groups -OCH3 is 1. The van der Waals surface area contributed by atoms with Crippen LogP contribution in [0.25, 0.3) is 0 Å². The first-order valence-corrected chi connectivity index (χ1v) is 4.88. The van der Waals surface area contributed by atoms with Gasteiger partial charge in [0.05, 0.1) is 7.11 Å². The Kier molecular flexibility index (Phi) is 3.01. The average molecular weight is 296 g/mol. The Morgan fingerprint density at radius 2 is 2.00 bits per heavy atom. The van der Waals surface area contributed by atoms with E-state index in [1.807, 2.05) is 6.92 Å². The van der Waals surface area contributed by atoms with Crippen LogP contribution in [-0.4, -0.2) is 12.2 Å². The van der Waals surface area contributed by atoms with Crippen LogP contribution in [0.5, 0.6) is 11.5 Å². The zero-order chi connectivity index (χ0) is 9.30. The monoisotopic (exact) mass is 294 g/mol. The van der Waals surface area contributed by atoms with Crippen LogP contribution in [0, 0.1) is 6.92 Å². The third-order valence-corrected chi connectivity index (χ3v) is 3.78. The van der Waals surface area contributed by atoms with Gasteiger partial charge in [0.15, 0.2) is 11.5 Å². The molecule has 1 aromatic rings. The lowest BCUT2D eigenvalue weighted by Crippen LogP contribution is -1.87. The summed E-state index contributed by atoms with van der Waals surface area (Å²) in [5.74, 6) is 0.648. The molecule has 0 aromatic heterocycles. The van der Waals surface area contributed by atoms with Crippen molar-refractivity contribution in [3.05, 3.63) is 20.6 Å². The summed E-state index contributed by atoms with van der Waals surface area (Å²) in [5, 5.41) is 9.53. The molecule has 0 radical (unpaired) electrons. The molecule has 66 valence electrons. The summed E-state index contributed by atoms with van der Waals surface area (Å²) < 4.78 is 6.68. The van der Waals surface area contributed by atoms with Crippen LogP contribution in [-0.2, 0) is 0 Å². The third-order valence-electron chi connectivity index (χ3n) is 1.61. The predicted molar refractivity (Wildman–Crippen MR) is 54.8 cm³/mol. The summed E-state index contributed by atoms with van der Waals surface area (Å²) in [6, 6.07) is 1.71. The van der Waals surface area contributed by atoms with E-state index in [2.05, 4.69) is 31.9 Å². The van der Waals surface area contributed by atoms with Crippen molar-refractivity contribution in [3.8, 4) is 11.5 Å². The largest absolute Gasteiger partial charge is 0.504 e. The van der Waals surface area contributed by atoms with Crippen molar-refractivity contribution in [1.29, 1.82) is 0 Å². The summed E-state index contributed by atoms with van der Waals surface area (Å²) in [7, 11) is 1.52. The summed E-state index contributed by atoms with van der Waals surface area (Å²) in [5.41, 5.74) is 0.765. The maximum absolute atomic E-state index is 9.53. The van der Waals surface area contributed by atoms with Crippen molar-refractivity contribution >= 4 is 31.9 Å². The first kappa shape index (κ1) is 9.86. The van der Waals surface area contributed by atoms with E-state index in [1.165, 1.54) is 7.11 Å². The van der Waals surface area contributed by atoms with E-state index in [-0.39, 0.29) is 5.75 Å². The van der Waals surface area contributed by atoms with E-state index < -0.39 is 0 Å². The van der Waals surface area contributed by atoms with Crippen molar-refractivity contribution < 1.29 is 9.84 Å². The van der Waals surface area contributed by atoms with Crippen LogP contribution in [0.2, 0.25) is 0 Å². The Hall–Kier alpha value is -0.220. The Morgan fingerprint density at radius 1 is 1.42 bits per heavy atom. The van der Waals surface area contributed by atoms with Gasteiger partial charge in [0.25, 0.3) is 0 Å². The van der Waals surface area contributed by atoms with Crippen molar-refractivity contribution in [1.82, 2.24) is 0 Å². The SMILES string of the molecule is COc1cc(Br)c(Br)c(C)c1O. The van der Waals surface area contributed by atoms with Gasteiger partial charge in [0, 0.05) is 14.5 Å². The highest BCUT2D eigenvalue weighted by atomic mass is 79.9. The second-order valence-electron chi connectivity index (χ2n) is 2.35. The van der Waals surface area contributed by atoms with Crippen molar-refractivity contribution in [3.63, 3.8) is 0 Å². The molecule has 0 atom stereocenters. The maximum Gasteiger partial charge on any atom is 0.161 e. The van der Waals surface area contributed by atoms with Crippen LogP contribution >= 0.6 is 31.9 Å². The molecule has 0 aliphatic rings. The Balaban J connectivity index is 3.39. The molecule has 1 rings (SSSR count). The van der Waals surface area contributed by atoms with Gasteiger partial charge in [-0.05, 0) is 44.8 Å². The molecule has 0 saturated heterocycles. The lowest BCUT2D eigenvalue weighted by atomic mass is 10.2. The molecule has 1 aromatic carbocycles. The maximum atomic E-state index is 9.53. The van der Waals surface area contributed by atoms with Crippen LogP contribution < -0.4 is 4.74 Å². The van der Waals surface area contributed by atoms with E-state index in [1.54, 1.807) is 6.07 Å². The topological polar surface area (TPSA) is 29.5 Å². The summed E-state index contributed by atoms with van der Waals surface area (Å²) >= 11 is 6.66. The minimum Gasteiger partial charge on any atom is -0.504 e. The zero-order valence-corrected chi connectivity index (χ0v) is 9.86. The number of phenols is 1. The average Bonchev–Trinajstić information content (AvgIpc) is 2.08. The highest BCUT2D eigenvalue weighted by molar-refractivity contribution is 9.13. The minimum atomic E-state index is 0.174. The molecule has 4 heteroatoms. The predicted octanol–water partition coefficient (Wildman–Crippen LogP) is 3.23. The van der Waals surface area contributed by atoms with Gasteiger partial charge in [0.1, 0.15) is 0 Å². The van der Waals surface area contributed by atoms with Crippen molar-refractivity contribution in [2.75, 3.05) is 7.11 Å². The standard InChI is InChI=1S/C8H8Br2O2/c1-4-7(10)5(9)3-6(12-2)8(4)11/h3,11H,1-2H3. The molecule has 12 heavy (non-hydrogen) atoms. The molecule has 0 heterocycles. The minimum absolute atomic E-state index is 0.174. The summed E-state index contributed by atoms with van der Waals surface area (Å²) in [6.07, 6.45) is 0. The number of benzene rings is 1. The third kappa shape index (κ3) is 1.59. The fraction of sp³-hybridized carbons (Fsp3) is 0.250. The van der Waals surface area contributed by atoms with E-state index in [4.69, 9.17) is 4.74 Å². The number of rotatable bonds is 1. The van der Waals surface area contributed by atoms with Crippen LogP contribution in [0.15, 0.2) is 15.0 Å². The Morgan fingerprint density at radius 3 is 2.50 bits per heavy atom. The quantitative estimate of drug-likeness (QED) is 0.862. The van der Waals surface area contributed by atoms with Gasteiger partial charge in [-0.2, -0.15) is 0 Å². The number of phenolic OH excluding ortho intramolecular Hbond substituents is 1. The number of hydrogen-bond acceptors (Lipinski definition) is 2. The van der Waals surface area contributed by atoms with Crippen molar-refractivity contribution in [2.45, 2.75) is 6.92 Å². The first-order chi connectivity index (χ1) is 5.57. The fourth-order valence-electron chi connectivity index (χ4n) is 0.870. The summed E-state index contributed by atoms with van der Waals surface area (Å²) in [6.45, 7) is 1.81. The molecular weight excluding hydrogens is 288 g/mol. The van der Waals surface area contributed by atoms with Gasteiger partial charge in [-0.1, -0.05) is 0 Å². The second kappa shape index (κ2) is 3.66. The van der Waals surface area contributed by atoms with E-state index in [0.29, 0.717) is 5.75 Å². The van der Waals surface area contributed by atoms with E-state index in [0.717, 1.165) is 14.5 Å². The van der Waals surface area contributed by atoms with E-state index in [9.17, 15) is 5.11 Å². The number of hydrogen-bond donors (Lipinski definition) is 1.